The van der Waals surface area contributed by atoms with Crippen molar-refractivity contribution < 1.29 is 9.15 Å². The number of pyridine rings is 1. The fourth-order valence-corrected chi connectivity index (χ4v) is 1.96. The van der Waals surface area contributed by atoms with E-state index in [1.54, 1.807) is 18.3 Å². The van der Waals surface area contributed by atoms with E-state index in [-0.39, 0.29) is 0 Å². The molecule has 2 heterocycles. The molecule has 114 valence electrons. The second kappa shape index (κ2) is 6.62. The van der Waals surface area contributed by atoms with E-state index >= 15 is 0 Å². The highest BCUT2D eigenvalue weighted by Gasteiger charge is 2.03. The van der Waals surface area contributed by atoms with Crippen LogP contribution in [0, 0.1) is 18.3 Å². The van der Waals surface area contributed by atoms with Gasteiger partial charge >= 0.3 is 0 Å². The molecule has 0 aliphatic heterocycles. The first-order valence-corrected chi connectivity index (χ1v) is 7.02. The highest BCUT2D eigenvalue weighted by atomic mass is 16.5. The van der Waals surface area contributed by atoms with Gasteiger partial charge in [0.15, 0.2) is 0 Å². The maximum Gasteiger partial charge on any atom is 0.219 e. The number of nitriles is 1. The fourth-order valence-electron chi connectivity index (χ4n) is 1.96. The molecule has 0 atom stereocenters. The Morgan fingerprint density at radius 3 is 2.83 bits per heavy atom. The van der Waals surface area contributed by atoms with Crippen molar-refractivity contribution in [1.82, 2.24) is 9.97 Å². The summed E-state index contributed by atoms with van der Waals surface area (Å²) in [5.74, 6) is 2.49. The maximum absolute atomic E-state index is 8.76. The molecule has 6 heteroatoms. The van der Waals surface area contributed by atoms with Crippen LogP contribution in [0.2, 0.25) is 0 Å². The van der Waals surface area contributed by atoms with Crippen molar-refractivity contribution in [3.8, 4) is 17.7 Å². The SMILES string of the molecule is Cc1cnc(CNc2cccc(Oc3ccc(C#N)cn3)c2)o1. The molecule has 0 saturated carbocycles. The molecule has 0 bridgehead atoms. The lowest BCUT2D eigenvalue weighted by Gasteiger charge is -2.08. The predicted octanol–water partition coefficient (Wildman–Crippen LogP) is 3.65. The molecule has 0 fully saturated rings. The lowest BCUT2D eigenvalue weighted by Crippen LogP contribution is -1.99. The van der Waals surface area contributed by atoms with Crippen molar-refractivity contribution in [2.75, 3.05) is 5.32 Å². The molecule has 0 spiro atoms. The van der Waals surface area contributed by atoms with Gasteiger partial charge in [0.05, 0.1) is 18.3 Å². The summed E-state index contributed by atoms with van der Waals surface area (Å²) in [4.78, 5) is 8.22. The molecule has 0 unspecified atom stereocenters. The minimum absolute atomic E-state index is 0.435. The Balaban J connectivity index is 1.65. The number of oxazole rings is 1. The summed E-state index contributed by atoms with van der Waals surface area (Å²) in [6.07, 6.45) is 3.16. The Hall–Kier alpha value is -3.33. The van der Waals surface area contributed by atoms with Gasteiger partial charge in [-0.25, -0.2) is 9.97 Å². The summed E-state index contributed by atoms with van der Waals surface area (Å²) >= 11 is 0. The minimum Gasteiger partial charge on any atom is -0.444 e. The van der Waals surface area contributed by atoms with Crippen LogP contribution in [0.15, 0.2) is 53.2 Å². The molecule has 1 N–H and O–H groups in total. The number of aromatic nitrogens is 2. The molecule has 0 aliphatic carbocycles. The molecular formula is C17H14N4O2. The smallest absolute Gasteiger partial charge is 0.219 e. The van der Waals surface area contributed by atoms with Gasteiger partial charge < -0.3 is 14.5 Å². The fraction of sp³-hybridized carbons (Fsp3) is 0.118. The van der Waals surface area contributed by atoms with E-state index < -0.39 is 0 Å². The van der Waals surface area contributed by atoms with Gasteiger partial charge in [-0.05, 0) is 25.1 Å². The van der Waals surface area contributed by atoms with Gasteiger partial charge in [-0.3, -0.25) is 0 Å². The topological polar surface area (TPSA) is 84.0 Å². The Kier molecular flexibility index (Phi) is 4.20. The molecule has 2 aromatic heterocycles. The van der Waals surface area contributed by atoms with E-state index in [0.29, 0.717) is 29.6 Å². The zero-order valence-corrected chi connectivity index (χ0v) is 12.5. The molecule has 3 aromatic rings. The van der Waals surface area contributed by atoms with Crippen LogP contribution in [0.3, 0.4) is 0 Å². The summed E-state index contributed by atoms with van der Waals surface area (Å²) in [7, 11) is 0. The molecule has 3 rings (SSSR count). The van der Waals surface area contributed by atoms with Crippen molar-refractivity contribution in [3.63, 3.8) is 0 Å². The van der Waals surface area contributed by atoms with Gasteiger partial charge in [-0.15, -0.1) is 0 Å². The van der Waals surface area contributed by atoms with Gasteiger partial charge in [-0.1, -0.05) is 6.07 Å². The van der Waals surface area contributed by atoms with Gasteiger partial charge in [0.2, 0.25) is 11.8 Å². The molecule has 0 amide bonds. The predicted molar refractivity (Wildman–Crippen MR) is 84.0 cm³/mol. The number of hydrogen-bond donors (Lipinski definition) is 1. The molecular weight excluding hydrogens is 292 g/mol. The highest BCUT2D eigenvalue weighted by Crippen LogP contribution is 2.23. The Labute approximate surface area is 133 Å². The van der Waals surface area contributed by atoms with Crippen LogP contribution < -0.4 is 10.1 Å². The summed E-state index contributed by atoms with van der Waals surface area (Å²) in [5.41, 5.74) is 1.38. The number of aryl methyl sites for hydroxylation is 1. The molecule has 1 aromatic carbocycles. The minimum atomic E-state index is 0.435. The third kappa shape index (κ3) is 3.86. The first kappa shape index (κ1) is 14.6. The zero-order valence-electron chi connectivity index (χ0n) is 12.5. The van der Waals surface area contributed by atoms with Crippen LogP contribution in [0.1, 0.15) is 17.2 Å². The quantitative estimate of drug-likeness (QED) is 0.774. The molecule has 0 radical (unpaired) electrons. The number of rotatable bonds is 5. The third-order valence-electron chi connectivity index (χ3n) is 3.03. The number of ether oxygens (including phenoxy) is 1. The van der Waals surface area contributed by atoms with E-state index in [4.69, 9.17) is 14.4 Å². The number of hydrogen-bond acceptors (Lipinski definition) is 6. The first-order chi connectivity index (χ1) is 11.2. The van der Waals surface area contributed by atoms with Crippen molar-refractivity contribution in [1.29, 1.82) is 5.26 Å². The van der Waals surface area contributed by atoms with Crippen LogP contribution in [0.25, 0.3) is 0 Å². The van der Waals surface area contributed by atoms with Gasteiger partial charge in [-0.2, -0.15) is 5.26 Å². The van der Waals surface area contributed by atoms with Crippen LogP contribution in [0.4, 0.5) is 5.69 Å². The van der Waals surface area contributed by atoms with E-state index in [1.807, 2.05) is 37.3 Å². The monoisotopic (exact) mass is 306 g/mol. The van der Waals surface area contributed by atoms with Crippen LogP contribution in [-0.4, -0.2) is 9.97 Å². The van der Waals surface area contributed by atoms with Gasteiger partial charge in [0, 0.05) is 24.0 Å². The second-order valence-corrected chi connectivity index (χ2v) is 4.85. The molecule has 0 saturated heterocycles. The highest BCUT2D eigenvalue weighted by molar-refractivity contribution is 5.48. The Morgan fingerprint density at radius 1 is 1.22 bits per heavy atom. The largest absolute Gasteiger partial charge is 0.444 e. The molecule has 23 heavy (non-hydrogen) atoms. The first-order valence-electron chi connectivity index (χ1n) is 7.02. The maximum atomic E-state index is 8.76. The van der Waals surface area contributed by atoms with Crippen LogP contribution in [-0.2, 0) is 6.54 Å². The lowest BCUT2D eigenvalue weighted by atomic mass is 10.3. The summed E-state index contributed by atoms with van der Waals surface area (Å²) in [6, 6.07) is 12.8. The Bertz CT molecular complexity index is 834. The van der Waals surface area contributed by atoms with E-state index in [9.17, 15) is 0 Å². The van der Waals surface area contributed by atoms with Crippen molar-refractivity contribution >= 4 is 5.69 Å². The standard InChI is InChI=1S/C17H14N4O2/c1-12-9-20-17(22-12)11-19-14-3-2-4-15(7-14)23-16-6-5-13(8-18)10-21-16/h2-7,9-10,19H,11H2,1H3. The zero-order chi connectivity index (χ0) is 16.1. The van der Waals surface area contributed by atoms with Gasteiger partial charge in [0.25, 0.3) is 0 Å². The number of benzene rings is 1. The van der Waals surface area contributed by atoms with E-state index in [0.717, 1.165) is 11.4 Å². The third-order valence-corrected chi connectivity index (χ3v) is 3.03. The van der Waals surface area contributed by atoms with Crippen LogP contribution in [0.5, 0.6) is 11.6 Å². The number of nitrogens with zero attached hydrogens (tertiary/aromatic N) is 3. The van der Waals surface area contributed by atoms with E-state index in [1.165, 1.54) is 6.20 Å². The van der Waals surface area contributed by atoms with Crippen molar-refractivity contribution in [2.24, 2.45) is 0 Å². The average molecular weight is 306 g/mol. The summed E-state index contributed by atoms with van der Waals surface area (Å²) < 4.78 is 11.1. The van der Waals surface area contributed by atoms with E-state index in [2.05, 4.69) is 15.3 Å². The lowest BCUT2D eigenvalue weighted by molar-refractivity contribution is 0.462. The second-order valence-electron chi connectivity index (χ2n) is 4.85. The normalized spacial score (nSPS) is 10.1. The average Bonchev–Trinajstić information content (AvgIpc) is 3.00. The molecule has 0 aliphatic rings. The van der Waals surface area contributed by atoms with Crippen LogP contribution >= 0.6 is 0 Å². The molecule has 6 nitrogen and oxygen atoms in total. The van der Waals surface area contributed by atoms with Crippen molar-refractivity contribution in [3.05, 3.63) is 66.0 Å². The summed E-state index contributed by atoms with van der Waals surface area (Å²) in [6.45, 7) is 2.35. The van der Waals surface area contributed by atoms with Crippen molar-refractivity contribution in [2.45, 2.75) is 13.5 Å². The van der Waals surface area contributed by atoms with Gasteiger partial charge in [0.1, 0.15) is 17.6 Å². The summed E-state index contributed by atoms with van der Waals surface area (Å²) in [5, 5.41) is 12.0. The number of anilines is 1. The Morgan fingerprint density at radius 2 is 2.13 bits per heavy atom. The number of nitrogens with one attached hydrogen (secondary N) is 1.